The number of fused-ring (bicyclic) bond motifs is 1. The van der Waals surface area contributed by atoms with Gasteiger partial charge in [0.15, 0.2) is 5.78 Å². The molecule has 2 rings (SSSR count). The fraction of sp³-hybridized carbons (Fsp3) is 0.800. The minimum Gasteiger partial charge on any atom is -0.295 e. The van der Waals surface area contributed by atoms with Crippen molar-refractivity contribution < 1.29 is 4.79 Å². The van der Waals surface area contributed by atoms with Crippen LogP contribution in [-0.4, -0.2) is 5.78 Å². The Hall–Kier alpha value is -0.590. The molecule has 0 N–H and O–H groups in total. The third-order valence-electron chi connectivity index (χ3n) is 4.82. The number of carbonyl (C=O) groups excluding carboxylic acids is 1. The van der Waals surface area contributed by atoms with E-state index in [-0.39, 0.29) is 0 Å². The molecule has 0 amide bonds. The molecule has 90 valence electrons. The second kappa shape index (κ2) is 4.35. The third kappa shape index (κ3) is 2.09. The van der Waals surface area contributed by atoms with Crippen LogP contribution in [0.3, 0.4) is 0 Å². The Balaban J connectivity index is 2.21. The lowest BCUT2D eigenvalue weighted by atomic mass is 9.82. The fourth-order valence-electron chi connectivity index (χ4n) is 3.70. The summed E-state index contributed by atoms with van der Waals surface area (Å²) in [7, 11) is 0. The molecule has 1 fully saturated rings. The van der Waals surface area contributed by atoms with Crippen LogP contribution in [0.1, 0.15) is 47.0 Å². The molecule has 1 saturated carbocycles. The van der Waals surface area contributed by atoms with Crippen LogP contribution in [0.15, 0.2) is 11.6 Å². The maximum absolute atomic E-state index is 11.7. The first-order valence-corrected chi connectivity index (χ1v) is 6.70. The van der Waals surface area contributed by atoms with Crippen molar-refractivity contribution in [2.24, 2.45) is 29.6 Å². The van der Waals surface area contributed by atoms with E-state index in [0.717, 1.165) is 24.2 Å². The molecule has 2 aliphatic rings. The molecule has 0 aromatic rings. The molecule has 0 bridgehead atoms. The highest BCUT2D eigenvalue weighted by atomic mass is 16.1. The molecule has 16 heavy (non-hydrogen) atoms. The van der Waals surface area contributed by atoms with E-state index in [1.54, 1.807) is 0 Å². The summed E-state index contributed by atoms with van der Waals surface area (Å²) in [5, 5.41) is 0. The number of allylic oxidation sites excluding steroid dienone is 2. The van der Waals surface area contributed by atoms with Gasteiger partial charge in [-0.3, -0.25) is 4.79 Å². The maximum Gasteiger partial charge on any atom is 0.155 e. The first-order chi connectivity index (χ1) is 7.49. The van der Waals surface area contributed by atoms with Gasteiger partial charge in [-0.05, 0) is 55.4 Å². The second-order valence-electron chi connectivity index (χ2n) is 6.28. The van der Waals surface area contributed by atoms with E-state index >= 15 is 0 Å². The van der Waals surface area contributed by atoms with Crippen LogP contribution in [0.2, 0.25) is 0 Å². The van der Waals surface area contributed by atoms with Crippen molar-refractivity contribution in [1.82, 2.24) is 0 Å². The average Bonchev–Trinajstić information content (AvgIpc) is 2.57. The molecule has 0 aliphatic heterocycles. The first kappa shape index (κ1) is 11.9. The summed E-state index contributed by atoms with van der Waals surface area (Å²) in [6, 6.07) is 0. The molecule has 0 radical (unpaired) electrons. The molecule has 0 aromatic heterocycles. The van der Waals surface area contributed by atoms with Gasteiger partial charge in [-0.2, -0.15) is 0 Å². The van der Waals surface area contributed by atoms with E-state index in [1.807, 2.05) is 6.08 Å². The maximum atomic E-state index is 11.7. The smallest absolute Gasteiger partial charge is 0.155 e. The van der Waals surface area contributed by atoms with E-state index in [9.17, 15) is 4.79 Å². The van der Waals surface area contributed by atoms with Gasteiger partial charge >= 0.3 is 0 Å². The number of carbonyl (C=O) groups is 1. The molecule has 4 unspecified atom stereocenters. The molecule has 0 saturated heterocycles. The topological polar surface area (TPSA) is 17.1 Å². The summed E-state index contributed by atoms with van der Waals surface area (Å²) in [5.74, 6) is 4.04. The fourth-order valence-corrected chi connectivity index (χ4v) is 3.70. The van der Waals surface area contributed by atoms with Crippen LogP contribution in [0.4, 0.5) is 0 Å². The van der Waals surface area contributed by atoms with Crippen molar-refractivity contribution in [3.63, 3.8) is 0 Å². The van der Waals surface area contributed by atoms with Gasteiger partial charge < -0.3 is 0 Å². The summed E-state index contributed by atoms with van der Waals surface area (Å²) in [4.78, 5) is 11.7. The van der Waals surface area contributed by atoms with Crippen LogP contribution >= 0.6 is 0 Å². The van der Waals surface area contributed by atoms with Gasteiger partial charge in [-0.1, -0.05) is 26.3 Å². The lowest BCUT2D eigenvalue weighted by molar-refractivity contribution is -0.115. The molecule has 2 aliphatic carbocycles. The van der Waals surface area contributed by atoms with Gasteiger partial charge in [-0.15, -0.1) is 0 Å². The number of rotatable bonds is 1. The van der Waals surface area contributed by atoms with E-state index in [1.165, 1.54) is 18.4 Å². The SMILES string of the molecule is CC1=CC(=O)CC(C)C2CC(C(C)C)CC12. The van der Waals surface area contributed by atoms with Gasteiger partial charge in [0.1, 0.15) is 0 Å². The largest absolute Gasteiger partial charge is 0.295 e. The van der Waals surface area contributed by atoms with Gasteiger partial charge in [0.05, 0.1) is 0 Å². The average molecular weight is 220 g/mol. The molecule has 4 atom stereocenters. The summed E-state index contributed by atoms with van der Waals surface area (Å²) in [5.41, 5.74) is 1.35. The van der Waals surface area contributed by atoms with Gasteiger partial charge in [0.25, 0.3) is 0 Å². The van der Waals surface area contributed by atoms with Crippen molar-refractivity contribution in [3.05, 3.63) is 11.6 Å². The van der Waals surface area contributed by atoms with Crippen LogP contribution in [0.25, 0.3) is 0 Å². The molecule has 0 heterocycles. The zero-order valence-corrected chi connectivity index (χ0v) is 11.0. The summed E-state index contributed by atoms with van der Waals surface area (Å²) in [6.45, 7) is 9.11. The second-order valence-corrected chi connectivity index (χ2v) is 6.28. The normalized spacial score (nSPS) is 39.6. The molecular formula is C15H24O. The van der Waals surface area contributed by atoms with Crippen molar-refractivity contribution in [2.75, 3.05) is 0 Å². The highest BCUT2D eigenvalue weighted by Crippen LogP contribution is 2.48. The first-order valence-electron chi connectivity index (χ1n) is 6.70. The Labute approximate surface area is 99.3 Å². The van der Waals surface area contributed by atoms with Crippen molar-refractivity contribution >= 4 is 5.78 Å². The molecular weight excluding hydrogens is 196 g/mol. The van der Waals surface area contributed by atoms with Crippen LogP contribution in [-0.2, 0) is 4.79 Å². The zero-order chi connectivity index (χ0) is 11.9. The van der Waals surface area contributed by atoms with Crippen LogP contribution < -0.4 is 0 Å². The third-order valence-corrected chi connectivity index (χ3v) is 4.82. The van der Waals surface area contributed by atoms with E-state index in [4.69, 9.17) is 0 Å². The predicted molar refractivity (Wildman–Crippen MR) is 67.1 cm³/mol. The van der Waals surface area contributed by atoms with Crippen molar-refractivity contribution in [3.8, 4) is 0 Å². The van der Waals surface area contributed by atoms with Crippen molar-refractivity contribution in [2.45, 2.75) is 47.0 Å². The number of hydrogen-bond donors (Lipinski definition) is 0. The lowest BCUT2D eigenvalue weighted by Crippen LogP contribution is -2.16. The summed E-state index contributed by atoms with van der Waals surface area (Å²) < 4.78 is 0. The van der Waals surface area contributed by atoms with Crippen LogP contribution in [0, 0.1) is 29.6 Å². The minimum absolute atomic E-state index is 0.348. The summed E-state index contributed by atoms with van der Waals surface area (Å²) in [6.07, 6.45) is 5.33. The highest BCUT2D eigenvalue weighted by Gasteiger charge is 2.40. The Kier molecular flexibility index (Phi) is 3.23. The Bertz CT molecular complexity index is 313. The molecule has 0 aromatic carbocycles. The van der Waals surface area contributed by atoms with Gasteiger partial charge in [0, 0.05) is 6.42 Å². The van der Waals surface area contributed by atoms with Gasteiger partial charge in [-0.25, -0.2) is 0 Å². The quantitative estimate of drug-likeness (QED) is 0.656. The molecule has 0 spiro atoms. The monoisotopic (exact) mass is 220 g/mol. The zero-order valence-electron chi connectivity index (χ0n) is 11.0. The molecule has 1 nitrogen and oxygen atoms in total. The molecule has 1 heteroatoms. The predicted octanol–water partition coefficient (Wildman–Crippen LogP) is 3.84. The minimum atomic E-state index is 0.348. The Morgan fingerprint density at radius 3 is 2.62 bits per heavy atom. The summed E-state index contributed by atoms with van der Waals surface area (Å²) >= 11 is 0. The Morgan fingerprint density at radius 2 is 2.00 bits per heavy atom. The Morgan fingerprint density at radius 1 is 1.31 bits per heavy atom. The highest BCUT2D eigenvalue weighted by molar-refractivity contribution is 5.90. The van der Waals surface area contributed by atoms with Gasteiger partial charge in [0.2, 0.25) is 0 Å². The van der Waals surface area contributed by atoms with E-state index in [2.05, 4.69) is 27.7 Å². The standard InChI is InChI=1S/C15H24O/c1-9(2)12-7-14-10(3)5-13(16)6-11(4)15(14)8-12/h5,9,11-12,14-15H,6-8H2,1-4H3. The van der Waals surface area contributed by atoms with E-state index in [0.29, 0.717) is 17.6 Å². The van der Waals surface area contributed by atoms with Crippen LogP contribution in [0.5, 0.6) is 0 Å². The number of ketones is 1. The number of hydrogen-bond acceptors (Lipinski definition) is 1. The lowest BCUT2D eigenvalue weighted by Gasteiger charge is -2.23. The van der Waals surface area contributed by atoms with Crippen molar-refractivity contribution in [1.29, 1.82) is 0 Å². The van der Waals surface area contributed by atoms with E-state index < -0.39 is 0 Å².